The van der Waals surface area contributed by atoms with Crippen molar-refractivity contribution in [2.45, 2.75) is 45.2 Å². The smallest absolute Gasteiger partial charge is 0.307 e. The van der Waals surface area contributed by atoms with Crippen LogP contribution in [0, 0.1) is 0 Å². The summed E-state index contributed by atoms with van der Waals surface area (Å²) in [6.07, 6.45) is 8.38. The second-order valence-electron chi connectivity index (χ2n) is 5.73. The van der Waals surface area contributed by atoms with Crippen LogP contribution in [0.25, 0.3) is 11.5 Å². The van der Waals surface area contributed by atoms with Gasteiger partial charge in [0.05, 0.1) is 25.8 Å². The van der Waals surface area contributed by atoms with Gasteiger partial charge in [0.25, 0.3) is 0 Å². The maximum Gasteiger partial charge on any atom is 0.307 e. The van der Waals surface area contributed by atoms with Crippen molar-refractivity contribution in [3.8, 4) is 11.5 Å². The number of carbonyl (C=O) groups is 1. The molecule has 0 radical (unpaired) electrons. The van der Waals surface area contributed by atoms with Crippen molar-refractivity contribution in [1.29, 1.82) is 0 Å². The van der Waals surface area contributed by atoms with Crippen molar-refractivity contribution in [3.05, 3.63) is 24.5 Å². The minimum atomic E-state index is -0.153. The van der Waals surface area contributed by atoms with Gasteiger partial charge in [0.15, 0.2) is 0 Å². The molecule has 1 aliphatic heterocycles. The quantitative estimate of drug-likeness (QED) is 0.740. The van der Waals surface area contributed by atoms with E-state index in [0.29, 0.717) is 37.0 Å². The first-order chi connectivity index (χ1) is 11.8. The number of aromatic nitrogens is 4. The summed E-state index contributed by atoms with van der Waals surface area (Å²) in [5.74, 6) is 0.795. The second-order valence-corrected chi connectivity index (χ2v) is 5.73. The molecule has 3 rings (SSSR count). The molecular weight excluding hydrogens is 310 g/mol. The molecule has 0 bridgehead atoms. The van der Waals surface area contributed by atoms with Gasteiger partial charge in [-0.05, 0) is 26.3 Å². The van der Waals surface area contributed by atoms with Crippen LogP contribution in [-0.2, 0) is 16.1 Å². The highest BCUT2D eigenvalue weighted by Gasteiger charge is 2.27. The first-order valence-electron chi connectivity index (χ1n) is 8.25. The van der Waals surface area contributed by atoms with E-state index in [0.717, 1.165) is 25.8 Å². The van der Waals surface area contributed by atoms with Gasteiger partial charge in [0.1, 0.15) is 5.69 Å². The Morgan fingerprint density at radius 3 is 3.12 bits per heavy atom. The standard InChI is InChI=1S/C16H21N5O3/c1-2-23-15(22)9-12-5-3-4-8-21(12)11-14-19-16(20-24-14)13-10-17-6-7-18-13/h6-7,10,12H,2-5,8-9,11H2,1H3/t12-/m1/s1. The summed E-state index contributed by atoms with van der Waals surface area (Å²) in [7, 11) is 0. The van der Waals surface area contributed by atoms with E-state index < -0.39 is 0 Å². The number of hydrogen-bond acceptors (Lipinski definition) is 8. The molecule has 0 N–H and O–H groups in total. The van der Waals surface area contributed by atoms with E-state index in [1.54, 1.807) is 18.6 Å². The molecule has 8 nitrogen and oxygen atoms in total. The number of ether oxygens (including phenoxy) is 1. The zero-order valence-corrected chi connectivity index (χ0v) is 13.7. The molecule has 2 aromatic heterocycles. The molecule has 1 fully saturated rings. The van der Waals surface area contributed by atoms with Crippen molar-refractivity contribution < 1.29 is 14.1 Å². The van der Waals surface area contributed by atoms with Crippen LogP contribution >= 0.6 is 0 Å². The first-order valence-corrected chi connectivity index (χ1v) is 8.25. The number of carbonyl (C=O) groups excluding carboxylic acids is 1. The third-order valence-corrected chi connectivity index (χ3v) is 4.06. The van der Waals surface area contributed by atoms with E-state index in [1.807, 2.05) is 6.92 Å². The summed E-state index contributed by atoms with van der Waals surface area (Å²) in [6.45, 7) is 3.67. The molecule has 0 aromatic carbocycles. The summed E-state index contributed by atoms with van der Waals surface area (Å²) in [5.41, 5.74) is 0.578. The molecule has 0 amide bonds. The summed E-state index contributed by atoms with van der Waals surface area (Å²) >= 11 is 0. The molecule has 128 valence electrons. The van der Waals surface area contributed by atoms with Crippen molar-refractivity contribution in [1.82, 2.24) is 25.0 Å². The highest BCUT2D eigenvalue weighted by atomic mass is 16.5. The molecule has 3 heterocycles. The monoisotopic (exact) mass is 331 g/mol. The Morgan fingerprint density at radius 2 is 2.33 bits per heavy atom. The zero-order chi connectivity index (χ0) is 16.8. The lowest BCUT2D eigenvalue weighted by molar-refractivity contribution is -0.145. The topological polar surface area (TPSA) is 94.2 Å². The van der Waals surface area contributed by atoms with Gasteiger partial charge in [0.2, 0.25) is 11.7 Å². The lowest BCUT2D eigenvalue weighted by Crippen LogP contribution is -2.40. The molecule has 0 spiro atoms. The minimum absolute atomic E-state index is 0.153. The predicted octanol–water partition coefficient (Wildman–Crippen LogP) is 1.83. The summed E-state index contributed by atoms with van der Waals surface area (Å²) < 4.78 is 10.4. The van der Waals surface area contributed by atoms with Gasteiger partial charge in [-0.3, -0.25) is 14.7 Å². The molecule has 0 saturated carbocycles. The van der Waals surface area contributed by atoms with Gasteiger partial charge < -0.3 is 9.26 Å². The highest BCUT2D eigenvalue weighted by molar-refractivity contribution is 5.70. The maximum atomic E-state index is 11.8. The van der Waals surface area contributed by atoms with Gasteiger partial charge in [-0.15, -0.1) is 0 Å². The zero-order valence-electron chi connectivity index (χ0n) is 13.7. The Hall–Kier alpha value is -2.35. The number of esters is 1. The third kappa shape index (κ3) is 4.14. The van der Waals surface area contributed by atoms with Crippen LogP contribution in [-0.4, -0.2) is 50.2 Å². The van der Waals surface area contributed by atoms with Crippen LogP contribution in [0.4, 0.5) is 0 Å². The van der Waals surface area contributed by atoms with Crippen LogP contribution in [0.5, 0.6) is 0 Å². The summed E-state index contributed by atoms with van der Waals surface area (Å²) in [4.78, 5) is 26.5. The van der Waals surface area contributed by atoms with Crippen molar-refractivity contribution >= 4 is 5.97 Å². The Morgan fingerprint density at radius 1 is 1.42 bits per heavy atom. The number of hydrogen-bond donors (Lipinski definition) is 0. The Kier molecular flexibility index (Phi) is 5.47. The molecular formula is C16H21N5O3. The number of piperidine rings is 1. The van der Waals surface area contributed by atoms with E-state index in [4.69, 9.17) is 9.26 Å². The Labute approximate surface area is 140 Å². The summed E-state index contributed by atoms with van der Waals surface area (Å²) in [6, 6.07) is 0.157. The largest absolute Gasteiger partial charge is 0.466 e. The lowest BCUT2D eigenvalue weighted by Gasteiger charge is -2.34. The SMILES string of the molecule is CCOC(=O)C[C@H]1CCCCN1Cc1nc(-c2cnccn2)no1. The molecule has 1 aliphatic rings. The maximum absolute atomic E-state index is 11.8. The summed E-state index contributed by atoms with van der Waals surface area (Å²) in [5, 5.41) is 3.96. The van der Waals surface area contributed by atoms with E-state index in [2.05, 4.69) is 25.0 Å². The normalized spacial score (nSPS) is 18.5. The molecule has 2 aromatic rings. The Balaban J connectivity index is 1.65. The molecule has 1 saturated heterocycles. The number of likely N-dealkylation sites (tertiary alicyclic amines) is 1. The molecule has 1 atom stereocenters. The average molecular weight is 331 g/mol. The number of nitrogens with zero attached hydrogens (tertiary/aromatic N) is 5. The van der Waals surface area contributed by atoms with Gasteiger partial charge in [-0.25, -0.2) is 4.98 Å². The van der Waals surface area contributed by atoms with Gasteiger partial charge >= 0.3 is 5.97 Å². The highest BCUT2D eigenvalue weighted by Crippen LogP contribution is 2.22. The van der Waals surface area contributed by atoms with Crippen LogP contribution in [0.2, 0.25) is 0 Å². The minimum Gasteiger partial charge on any atom is -0.466 e. The lowest BCUT2D eigenvalue weighted by atomic mass is 9.99. The van der Waals surface area contributed by atoms with Gasteiger partial charge in [0, 0.05) is 18.4 Å². The van der Waals surface area contributed by atoms with Crippen LogP contribution in [0.15, 0.2) is 23.1 Å². The van der Waals surface area contributed by atoms with Crippen LogP contribution in [0.3, 0.4) is 0 Å². The van der Waals surface area contributed by atoms with Crippen LogP contribution in [0.1, 0.15) is 38.5 Å². The predicted molar refractivity (Wildman–Crippen MR) is 84.6 cm³/mol. The molecule has 24 heavy (non-hydrogen) atoms. The second kappa shape index (κ2) is 7.96. The first kappa shape index (κ1) is 16.5. The Bertz CT molecular complexity index is 661. The van der Waals surface area contributed by atoms with Gasteiger partial charge in [-0.1, -0.05) is 11.6 Å². The van der Waals surface area contributed by atoms with Crippen molar-refractivity contribution in [2.75, 3.05) is 13.2 Å². The fourth-order valence-electron chi connectivity index (χ4n) is 2.92. The molecule has 8 heteroatoms. The van der Waals surface area contributed by atoms with E-state index >= 15 is 0 Å². The molecule has 0 aliphatic carbocycles. The van der Waals surface area contributed by atoms with E-state index in [-0.39, 0.29) is 12.0 Å². The van der Waals surface area contributed by atoms with Crippen molar-refractivity contribution in [2.24, 2.45) is 0 Å². The number of rotatable bonds is 6. The fraction of sp³-hybridized carbons (Fsp3) is 0.562. The third-order valence-electron chi connectivity index (χ3n) is 4.06. The van der Waals surface area contributed by atoms with Crippen LogP contribution < -0.4 is 0 Å². The van der Waals surface area contributed by atoms with E-state index in [9.17, 15) is 4.79 Å². The van der Waals surface area contributed by atoms with Gasteiger partial charge in [-0.2, -0.15) is 4.98 Å². The van der Waals surface area contributed by atoms with Crippen molar-refractivity contribution in [3.63, 3.8) is 0 Å². The fourth-order valence-corrected chi connectivity index (χ4v) is 2.92. The average Bonchev–Trinajstić information content (AvgIpc) is 3.06. The van der Waals surface area contributed by atoms with E-state index in [1.165, 1.54) is 0 Å². The molecule has 0 unspecified atom stereocenters.